The maximum absolute atomic E-state index is 3.68. The summed E-state index contributed by atoms with van der Waals surface area (Å²) in [6.07, 6.45) is 13.3. The number of allylic oxidation sites excluding steroid dienone is 6. The van der Waals surface area contributed by atoms with Crippen LogP contribution in [0.25, 0.3) is 0 Å². The molecule has 0 fully saturated rings. The van der Waals surface area contributed by atoms with Crippen molar-refractivity contribution >= 4 is 0 Å². The first-order valence-electron chi connectivity index (χ1n) is 4.44. The summed E-state index contributed by atoms with van der Waals surface area (Å²) in [5.41, 5.74) is 1.37. The highest BCUT2D eigenvalue weighted by molar-refractivity contribution is 5.22. The molecule has 0 aromatic carbocycles. The lowest BCUT2D eigenvalue weighted by molar-refractivity contribution is 0.921. The van der Waals surface area contributed by atoms with Crippen LogP contribution in [-0.2, 0) is 0 Å². The molecule has 0 nitrogen and oxygen atoms in total. The van der Waals surface area contributed by atoms with Gasteiger partial charge < -0.3 is 0 Å². The van der Waals surface area contributed by atoms with Gasteiger partial charge in [-0.05, 0) is 12.8 Å². The van der Waals surface area contributed by atoms with Gasteiger partial charge in [-0.1, -0.05) is 55.9 Å². The van der Waals surface area contributed by atoms with E-state index < -0.39 is 0 Å². The standard InChI is InChI=1S/C12H18/c1-4-7-10-12(9-6-3)11-8-5-2/h4-5,7,10-11H,1-2,6,8-9H2,3H3/b10-7-,12-11+. The predicted octanol–water partition coefficient (Wildman–Crippen LogP) is 4.03. The fourth-order valence-electron chi connectivity index (χ4n) is 0.968. The monoisotopic (exact) mass is 162 g/mol. The summed E-state index contributed by atoms with van der Waals surface area (Å²) in [6.45, 7) is 9.51. The Bertz CT molecular complexity index is 182. The van der Waals surface area contributed by atoms with Crippen molar-refractivity contribution in [3.63, 3.8) is 0 Å². The molecule has 0 bridgehead atoms. The highest BCUT2D eigenvalue weighted by Gasteiger charge is 1.87. The first-order valence-corrected chi connectivity index (χ1v) is 4.44. The van der Waals surface area contributed by atoms with Crippen LogP contribution >= 0.6 is 0 Å². The molecule has 66 valence electrons. The molecular formula is C12H18. The van der Waals surface area contributed by atoms with E-state index in [0.29, 0.717) is 0 Å². The molecule has 0 saturated carbocycles. The molecule has 12 heavy (non-hydrogen) atoms. The van der Waals surface area contributed by atoms with E-state index in [1.54, 1.807) is 6.08 Å². The minimum atomic E-state index is 0.955. The quantitative estimate of drug-likeness (QED) is 0.408. The third kappa shape index (κ3) is 5.72. The van der Waals surface area contributed by atoms with E-state index in [1.807, 2.05) is 12.2 Å². The zero-order valence-corrected chi connectivity index (χ0v) is 7.92. The van der Waals surface area contributed by atoms with Gasteiger partial charge in [0.2, 0.25) is 0 Å². The maximum Gasteiger partial charge on any atom is -0.0166 e. The average molecular weight is 162 g/mol. The van der Waals surface area contributed by atoms with Crippen LogP contribution in [0.1, 0.15) is 26.2 Å². The zero-order valence-electron chi connectivity index (χ0n) is 7.92. The van der Waals surface area contributed by atoms with Gasteiger partial charge in [-0.3, -0.25) is 0 Å². The Balaban J connectivity index is 4.09. The van der Waals surface area contributed by atoms with Crippen LogP contribution in [0.3, 0.4) is 0 Å². The van der Waals surface area contributed by atoms with Crippen LogP contribution in [0.5, 0.6) is 0 Å². The highest BCUT2D eigenvalue weighted by Crippen LogP contribution is 2.07. The maximum atomic E-state index is 3.68. The van der Waals surface area contributed by atoms with Gasteiger partial charge in [0.05, 0.1) is 0 Å². The first-order chi connectivity index (χ1) is 5.85. The SMILES string of the molecule is C=C/C=C\C(=C\CC=C)CCC. The Morgan fingerprint density at radius 3 is 2.58 bits per heavy atom. The summed E-state index contributed by atoms with van der Waals surface area (Å²) in [5.74, 6) is 0. The van der Waals surface area contributed by atoms with Gasteiger partial charge in [0.25, 0.3) is 0 Å². The second-order valence-corrected chi connectivity index (χ2v) is 2.65. The van der Waals surface area contributed by atoms with Crippen molar-refractivity contribution in [3.05, 3.63) is 49.1 Å². The summed E-state index contributed by atoms with van der Waals surface area (Å²) in [5, 5.41) is 0. The van der Waals surface area contributed by atoms with E-state index in [-0.39, 0.29) is 0 Å². The van der Waals surface area contributed by atoms with E-state index in [2.05, 4.69) is 32.2 Å². The summed E-state index contributed by atoms with van der Waals surface area (Å²) < 4.78 is 0. The molecule has 0 rings (SSSR count). The third-order valence-corrected chi connectivity index (χ3v) is 1.53. The molecule has 0 unspecified atom stereocenters. The van der Waals surface area contributed by atoms with Crippen LogP contribution < -0.4 is 0 Å². The summed E-state index contributed by atoms with van der Waals surface area (Å²) >= 11 is 0. The molecule has 0 amide bonds. The molecule has 0 atom stereocenters. The lowest BCUT2D eigenvalue weighted by atomic mass is 10.1. The van der Waals surface area contributed by atoms with Gasteiger partial charge in [0.15, 0.2) is 0 Å². The van der Waals surface area contributed by atoms with Gasteiger partial charge >= 0.3 is 0 Å². The van der Waals surface area contributed by atoms with Crippen molar-refractivity contribution in [1.29, 1.82) is 0 Å². The molecule has 0 heteroatoms. The van der Waals surface area contributed by atoms with E-state index in [0.717, 1.165) is 12.8 Å². The summed E-state index contributed by atoms with van der Waals surface area (Å²) in [7, 11) is 0. The van der Waals surface area contributed by atoms with Crippen molar-refractivity contribution in [2.75, 3.05) is 0 Å². The van der Waals surface area contributed by atoms with Gasteiger partial charge in [-0.15, -0.1) is 6.58 Å². The number of hydrogen-bond acceptors (Lipinski definition) is 0. The van der Waals surface area contributed by atoms with Crippen molar-refractivity contribution in [2.24, 2.45) is 0 Å². The lowest BCUT2D eigenvalue weighted by Crippen LogP contribution is -1.77. The Morgan fingerprint density at radius 1 is 1.33 bits per heavy atom. The molecular weight excluding hydrogens is 144 g/mol. The summed E-state index contributed by atoms with van der Waals surface area (Å²) in [6, 6.07) is 0. The Kier molecular flexibility index (Phi) is 7.36. The second-order valence-electron chi connectivity index (χ2n) is 2.65. The molecule has 0 N–H and O–H groups in total. The molecule has 0 saturated heterocycles. The number of hydrogen-bond donors (Lipinski definition) is 0. The molecule has 0 spiro atoms. The molecule has 0 heterocycles. The van der Waals surface area contributed by atoms with Crippen LogP contribution in [-0.4, -0.2) is 0 Å². The molecule has 0 radical (unpaired) electrons. The lowest BCUT2D eigenvalue weighted by Gasteiger charge is -1.97. The fraction of sp³-hybridized carbons (Fsp3) is 0.333. The minimum absolute atomic E-state index is 0.955. The van der Waals surface area contributed by atoms with Crippen LogP contribution in [0.4, 0.5) is 0 Å². The van der Waals surface area contributed by atoms with E-state index in [4.69, 9.17) is 0 Å². The first kappa shape index (κ1) is 11.0. The van der Waals surface area contributed by atoms with Crippen molar-refractivity contribution in [1.82, 2.24) is 0 Å². The number of rotatable bonds is 6. The van der Waals surface area contributed by atoms with Crippen molar-refractivity contribution < 1.29 is 0 Å². The van der Waals surface area contributed by atoms with Gasteiger partial charge in [0, 0.05) is 0 Å². The molecule has 0 aliphatic carbocycles. The molecule has 0 aromatic heterocycles. The summed E-state index contributed by atoms with van der Waals surface area (Å²) in [4.78, 5) is 0. The second kappa shape index (κ2) is 8.06. The third-order valence-electron chi connectivity index (χ3n) is 1.53. The molecule has 0 aliphatic rings. The Morgan fingerprint density at radius 2 is 2.08 bits per heavy atom. The normalized spacial score (nSPS) is 11.9. The fourth-order valence-corrected chi connectivity index (χ4v) is 0.968. The van der Waals surface area contributed by atoms with E-state index in [9.17, 15) is 0 Å². The van der Waals surface area contributed by atoms with Gasteiger partial charge in [-0.25, -0.2) is 0 Å². The Hall–Kier alpha value is -1.04. The van der Waals surface area contributed by atoms with E-state index in [1.165, 1.54) is 12.0 Å². The van der Waals surface area contributed by atoms with Gasteiger partial charge in [-0.2, -0.15) is 0 Å². The van der Waals surface area contributed by atoms with Crippen LogP contribution in [0, 0.1) is 0 Å². The minimum Gasteiger partial charge on any atom is -0.103 e. The average Bonchev–Trinajstić information content (AvgIpc) is 2.10. The molecule has 0 aromatic rings. The van der Waals surface area contributed by atoms with Crippen molar-refractivity contribution in [2.45, 2.75) is 26.2 Å². The zero-order chi connectivity index (χ0) is 9.23. The van der Waals surface area contributed by atoms with Crippen LogP contribution in [0.2, 0.25) is 0 Å². The Labute approximate surface area is 76.0 Å². The largest absolute Gasteiger partial charge is 0.103 e. The molecule has 0 aliphatic heterocycles. The smallest absolute Gasteiger partial charge is 0.0166 e. The van der Waals surface area contributed by atoms with Gasteiger partial charge in [0.1, 0.15) is 0 Å². The van der Waals surface area contributed by atoms with Crippen molar-refractivity contribution in [3.8, 4) is 0 Å². The highest BCUT2D eigenvalue weighted by atomic mass is 13.9. The van der Waals surface area contributed by atoms with E-state index >= 15 is 0 Å². The van der Waals surface area contributed by atoms with Crippen LogP contribution in [0.15, 0.2) is 49.1 Å². The predicted molar refractivity (Wildman–Crippen MR) is 57.1 cm³/mol. The topological polar surface area (TPSA) is 0 Å².